The van der Waals surface area contributed by atoms with Crippen LogP contribution < -0.4 is 0 Å². The Balaban J connectivity index is 1.90. The van der Waals surface area contributed by atoms with Crippen LogP contribution in [0.15, 0.2) is 0 Å². The fraction of sp³-hybridized carbons (Fsp3) is 1.00. The Morgan fingerprint density at radius 1 is 1.38 bits per heavy atom. The van der Waals surface area contributed by atoms with Gasteiger partial charge < -0.3 is 0 Å². The first-order valence-electron chi connectivity index (χ1n) is 5.85. The van der Waals surface area contributed by atoms with Gasteiger partial charge in [-0.2, -0.15) is 0 Å². The Kier molecular flexibility index (Phi) is 2.39. The molecule has 0 N–H and O–H groups in total. The third-order valence-electron chi connectivity index (χ3n) is 3.87. The molecule has 0 bridgehead atoms. The second-order valence-electron chi connectivity index (χ2n) is 5.73. The highest BCUT2D eigenvalue weighted by Gasteiger charge is 2.41. The minimum Gasteiger partial charge on any atom is -0.300 e. The van der Waals surface area contributed by atoms with Gasteiger partial charge in [-0.15, -0.1) is 0 Å². The highest BCUT2D eigenvalue weighted by molar-refractivity contribution is 4.94. The van der Waals surface area contributed by atoms with E-state index in [9.17, 15) is 0 Å². The summed E-state index contributed by atoms with van der Waals surface area (Å²) in [6.07, 6.45) is 5.80. The van der Waals surface area contributed by atoms with Crippen LogP contribution in [0.25, 0.3) is 0 Å². The standard InChI is InChI=1S/C12H23N/c1-10(2)11-5-4-8-13(11)9-12(3)6-7-12/h10-11H,4-9H2,1-3H3. The van der Waals surface area contributed by atoms with E-state index in [-0.39, 0.29) is 0 Å². The van der Waals surface area contributed by atoms with Gasteiger partial charge in [0.15, 0.2) is 0 Å². The molecule has 2 aliphatic rings. The summed E-state index contributed by atoms with van der Waals surface area (Å²) in [5.41, 5.74) is 0.706. The summed E-state index contributed by atoms with van der Waals surface area (Å²) in [7, 11) is 0. The lowest BCUT2D eigenvalue weighted by Gasteiger charge is -2.29. The van der Waals surface area contributed by atoms with Crippen LogP contribution in [0, 0.1) is 11.3 Å². The van der Waals surface area contributed by atoms with E-state index >= 15 is 0 Å². The molecule has 1 saturated heterocycles. The topological polar surface area (TPSA) is 3.24 Å². The summed E-state index contributed by atoms with van der Waals surface area (Å²) in [4.78, 5) is 2.75. The predicted molar refractivity (Wildman–Crippen MR) is 56.8 cm³/mol. The number of hydrogen-bond acceptors (Lipinski definition) is 1. The zero-order chi connectivity index (χ0) is 9.47. The Morgan fingerprint density at radius 3 is 2.62 bits per heavy atom. The maximum Gasteiger partial charge on any atom is 0.0119 e. The predicted octanol–water partition coefficient (Wildman–Crippen LogP) is 2.91. The lowest BCUT2D eigenvalue weighted by molar-refractivity contribution is 0.174. The lowest BCUT2D eigenvalue weighted by Crippen LogP contribution is -2.37. The van der Waals surface area contributed by atoms with Crippen LogP contribution in [0.1, 0.15) is 46.5 Å². The molecule has 2 rings (SSSR count). The van der Waals surface area contributed by atoms with Crippen molar-refractivity contribution in [1.29, 1.82) is 0 Å². The SMILES string of the molecule is CC(C)C1CCCN1CC1(C)CC1. The molecule has 2 fully saturated rings. The molecule has 0 radical (unpaired) electrons. The number of likely N-dealkylation sites (tertiary alicyclic amines) is 1. The second kappa shape index (κ2) is 3.27. The number of hydrogen-bond donors (Lipinski definition) is 0. The molecule has 1 aliphatic heterocycles. The van der Waals surface area contributed by atoms with E-state index in [1.807, 2.05) is 0 Å². The third-order valence-corrected chi connectivity index (χ3v) is 3.87. The first kappa shape index (κ1) is 9.51. The average Bonchev–Trinajstić information content (AvgIpc) is 2.63. The van der Waals surface area contributed by atoms with Crippen molar-refractivity contribution in [2.24, 2.45) is 11.3 Å². The van der Waals surface area contributed by atoms with Gasteiger partial charge in [-0.1, -0.05) is 20.8 Å². The molecule has 1 atom stereocenters. The summed E-state index contributed by atoms with van der Waals surface area (Å²) in [5, 5.41) is 0. The van der Waals surface area contributed by atoms with Crippen molar-refractivity contribution in [3.63, 3.8) is 0 Å². The minimum absolute atomic E-state index is 0.706. The van der Waals surface area contributed by atoms with Gasteiger partial charge in [-0.25, -0.2) is 0 Å². The van der Waals surface area contributed by atoms with Crippen molar-refractivity contribution >= 4 is 0 Å². The van der Waals surface area contributed by atoms with Gasteiger partial charge in [-0.05, 0) is 43.6 Å². The molecule has 1 saturated carbocycles. The summed E-state index contributed by atoms with van der Waals surface area (Å²) < 4.78 is 0. The molecule has 1 nitrogen and oxygen atoms in total. The molecule has 76 valence electrons. The Bertz CT molecular complexity index is 182. The van der Waals surface area contributed by atoms with Gasteiger partial charge in [-0.3, -0.25) is 4.90 Å². The van der Waals surface area contributed by atoms with Crippen LogP contribution in [-0.4, -0.2) is 24.0 Å². The normalized spacial score (nSPS) is 32.8. The highest BCUT2D eigenvalue weighted by atomic mass is 15.2. The second-order valence-corrected chi connectivity index (χ2v) is 5.73. The van der Waals surface area contributed by atoms with Crippen molar-refractivity contribution in [3.05, 3.63) is 0 Å². The van der Waals surface area contributed by atoms with Crippen LogP contribution in [0.5, 0.6) is 0 Å². The summed E-state index contributed by atoms with van der Waals surface area (Å²) >= 11 is 0. The fourth-order valence-electron chi connectivity index (χ4n) is 2.67. The Labute approximate surface area is 82.5 Å². The minimum atomic E-state index is 0.706. The van der Waals surface area contributed by atoms with Crippen molar-refractivity contribution in [3.8, 4) is 0 Å². The summed E-state index contributed by atoms with van der Waals surface area (Å²) in [6, 6.07) is 0.887. The Hall–Kier alpha value is -0.0400. The van der Waals surface area contributed by atoms with Crippen molar-refractivity contribution < 1.29 is 0 Å². The molecule has 0 aromatic carbocycles. The first-order chi connectivity index (χ1) is 6.11. The zero-order valence-electron chi connectivity index (χ0n) is 9.34. The molecular formula is C12H23N. The smallest absolute Gasteiger partial charge is 0.0119 e. The largest absolute Gasteiger partial charge is 0.300 e. The first-order valence-corrected chi connectivity index (χ1v) is 5.85. The van der Waals surface area contributed by atoms with E-state index < -0.39 is 0 Å². The van der Waals surface area contributed by atoms with Crippen molar-refractivity contribution in [2.45, 2.75) is 52.5 Å². The maximum absolute atomic E-state index is 2.75. The lowest BCUT2D eigenvalue weighted by atomic mass is 10.0. The number of nitrogens with zero attached hydrogens (tertiary/aromatic N) is 1. The zero-order valence-corrected chi connectivity index (χ0v) is 9.34. The average molecular weight is 181 g/mol. The van der Waals surface area contributed by atoms with E-state index in [4.69, 9.17) is 0 Å². The molecule has 0 aromatic rings. The molecule has 0 amide bonds. The number of rotatable bonds is 3. The molecule has 0 spiro atoms. The fourth-order valence-corrected chi connectivity index (χ4v) is 2.67. The summed E-state index contributed by atoms with van der Waals surface area (Å²) in [6.45, 7) is 9.92. The van der Waals surface area contributed by atoms with E-state index in [0.717, 1.165) is 12.0 Å². The van der Waals surface area contributed by atoms with E-state index in [0.29, 0.717) is 5.41 Å². The molecule has 13 heavy (non-hydrogen) atoms. The highest BCUT2D eigenvalue weighted by Crippen LogP contribution is 2.46. The molecule has 1 aliphatic carbocycles. The maximum atomic E-state index is 2.75. The van der Waals surface area contributed by atoms with Gasteiger partial charge in [0.25, 0.3) is 0 Å². The molecule has 1 heteroatoms. The van der Waals surface area contributed by atoms with Crippen LogP contribution in [0.4, 0.5) is 0 Å². The quantitative estimate of drug-likeness (QED) is 0.647. The van der Waals surface area contributed by atoms with Gasteiger partial charge in [0.2, 0.25) is 0 Å². The van der Waals surface area contributed by atoms with Gasteiger partial charge in [0, 0.05) is 12.6 Å². The Morgan fingerprint density at radius 2 is 2.08 bits per heavy atom. The molecule has 0 aromatic heterocycles. The molecule has 1 unspecified atom stereocenters. The van der Waals surface area contributed by atoms with E-state index in [1.54, 1.807) is 0 Å². The van der Waals surface area contributed by atoms with Crippen LogP contribution in [0.3, 0.4) is 0 Å². The molecule has 1 heterocycles. The van der Waals surface area contributed by atoms with Crippen LogP contribution in [-0.2, 0) is 0 Å². The van der Waals surface area contributed by atoms with Gasteiger partial charge in [0.05, 0.1) is 0 Å². The van der Waals surface area contributed by atoms with E-state index in [2.05, 4.69) is 25.7 Å². The van der Waals surface area contributed by atoms with Gasteiger partial charge >= 0.3 is 0 Å². The van der Waals surface area contributed by atoms with Crippen LogP contribution >= 0.6 is 0 Å². The van der Waals surface area contributed by atoms with Crippen LogP contribution in [0.2, 0.25) is 0 Å². The van der Waals surface area contributed by atoms with E-state index in [1.165, 1.54) is 38.8 Å². The van der Waals surface area contributed by atoms with Crippen molar-refractivity contribution in [1.82, 2.24) is 4.90 Å². The monoisotopic (exact) mass is 181 g/mol. The summed E-state index contributed by atoms with van der Waals surface area (Å²) in [5.74, 6) is 0.852. The van der Waals surface area contributed by atoms with Crippen molar-refractivity contribution in [2.75, 3.05) is 13.1 Å². The van der Waals surface area contributed by atoms with Gasteiger partial charge in [0.1, 0.15) is 0 Å². The molecular weight excluding hydrogens is 158 g/mol. The third kappa shape index (κ3) is 2.07.